The number of piperazine rings is 1. The van der Waals surface area contributed by atoms with E-state index in [0.717, 1.165) is 37.6 Å². The maximum absolute atomic E-state index is 14.0. The third kappa shape index (κ3) is 4.89. The Morgan fingerprint density at radius 2 is 1.66 bits per heavy atom. The second-order valence-corrected chi connectivity index (χ2v) is 8.09. The zero-order valence-corrected chi connectivity index (χ0v) is 16.9. The summed E-state index contributed by atoms with van der Waals surface area (Å²) in [7, 11) is 0. The van der Waals surface area contributed by atoms with Crippen molar-refractivity contribution in [2.45, 2.75) is 37.6 Å². The summed E-state index contributed by atoms with van der Waals surface area (Å²) < 4.78 is 31.8. The Hall–Kier alpha value is -2.14. The fourth-order valence-electron chi connectivity index (χ4n) is 4.83. The van der Waals surface area contributed by atoms with Gasteiger partial charge in [0.25, 0.3) is 0 Å². The number of hydrogen-bond acceptors (Lipinski definition) is 3. The highest BCUT2D eigenvalue weighted by Gasteiger charge is 2.29. The van der Waals surface area contributed by atoms with Crippen LogP contribution in [0, 0.1) is 5.82 Å². The molecule has 1 aliphatic carbocycles. The highest BCUT2D eigenvalue weighted by atomic mass is 19.1. The van der Waals surface area contributed by atoms with Crippen molar-refractivity contribution in [3.63, 3.8) is 0 Å². The van der Waals surface area contributed by atoms with Gasteiger partial charge in [-0.15, -0.1) is 0 Å². The molecule has 5 heteroatoms. The molecular formula is C24H30F2N2O. The minimum Gasteiger partial charge on any atom is -0.491 e. The van der Waals surface area contributed by atoms with Gasteiger partial charge in [0.2, 0.25) is 0 Å². The van der Waals surface area contributed by atoms with Gasteiger partial charge in [-0.3, -0.25) is 4.90 Å². The van der Waals surface area contributed by atoms with E-state index < -0.39 is 6.67 Å². The molecule has 156 valence electrons. The molecule has 0 aromatic heterocycles. The van der Waals surface area contributed by atoms with E-state index >= 15 is 0 Å². The van der Waals surface area contributed by atoms with Gasteiger partial charge in [-0.2, -0.15) is 0 Å². The number of nitrogens with zero attached hydrogens (tertiary/aromatic N) is 2. The first-order valence-electron chi connectivity index (χ1n) is 10.8. The number of anilines is 1. The fourth-order valence-corrected chi connectivity index (χ4v) is 4.83. The van der Waals surface area contributed by atoms with E-state index in [-0.39, 0.29) is 12.4 Å². The van der Waals surface area contributed by atoms with Crippen LogP contribution in [-0.2, 0) is 0 Å². The predicted molar refractivity (Wildman–Crippen MR) is 113 cm³/mol. The summed E-state index contributed by atoms with van der Waals surface area (Å²) in [5.41, 5.74) is 2.04. The number of para-hydroxylation sites is 1. The molecule has 0 spiro atoms. The van der Waals surface area contributed by atoms with Crippen LogP contribution in [0.5, 0.6) is 5.75 Å². The van der Waals surface area contributed by atoms with Gasteiger partial charge >= 0.3 is 0 Å². The van der Waals surface area contributed by atoms with Crippen LogP contribution < -0.4 is 9.64 Å². The molecule has 2 fully saturated rings. The van der Waals surface area contributed by atoms with Crippen LogP contribution in [0.15, 0.2) is 48.5 Å². The third-order valence-corrected chi connectivity index (χ3v) is 6.40. The number of rotatable bonds is 6. The molecule has 1 heterocycles. The maximum Gasteiger partial charge on any atom is 0.146 e. The van der Waals surface area contributed by atoms with Crippen molar-refractivity contribution in [3.8, 4) is 5.75 Å². The summed E-state index contributed by atoms with van der Waals surface area (Å²) >= 11 is 0. The van der Waals surface area contributed by atoms with Gasteiger partial charge in [0.05, 0.1) is 5.69 Å². The monoisotopic (exact) mass is 400 g/mol. The molecule has 0 N–H and O–H groups in total. The van der Waals surface area contributed by atoms with Crippen molar-refractivity contribution in [2.24, 2.45) is 0 Å². The second-order valence-electron chi connectivity index (χ2n) is 8.09. The van der Waals surface area contributed by atoms with E-state index in [1.165, 1.54) is 31.2 Å². The molecule has 2 aromatic carbocycles. The third-order valence-electron chi connectivity index (χ3n) is 6.40. The Morgan fingerprint density at radius 1 is 0.897 bits per heavy atom. The topological polar surface area (TPSA) is 15.7 Å². The van der Waals surface area contributed by atoms with Crippen molar-refractivity contribution >= 4 is 5.69 Å². The Kier molecular flexibility index (Phi) is 6.65. The molecule has 0 amide bonds. The number of alkyl halides is 1. The van der Waals surface area contributed by atoms with Gasteiger partial charge in [-0.25, -0.2) is 8.78 Å². The number of hydrogen-bond donors (Lipinski definition) is 0. The predicted octanol–water partition coefficient (Wildman–Crippen LogP) is 5.02. The average molecular weight is 401 g/mol. The Bertz CT molecular complexity index is 784. The highest BCUT2D eigenvalue weighted by Crippen LogP contribution is 2.36. The lowest BCUT2D eigenvalue weighted by molar-refractivity contribution is 0.141. The molecule has 1 saturated carbocycles. The van der Waals surface area contributed by atoms with Crippen molar-refractivity contribution < 1.29 is 13.5 Å². The van der Waals surface area contributed by atoms with E-state index in [1.54, 1.807) is 12.1 Å². The van der Waals surface area contributed by atoms with Crippen molar-refractivity contribution in [3.05, 3.63) is 59.9 Å². The molecule has 0 bridgehead atoms. The van der Waals surface area contributed by atoms with E-state index in [0.29, 0.717) is 12.0 Å². The van der Waals surface area contributed by atoms with E-state index in [2.05, 4.69) is 21.9 Å². The smallest absolute Gasteiger partial charge is 0.146 e. The SMILES string of the molecule is FCCOc1cccc(C2CCC(N3CCN(c4ccccc4F)CC3)CC2)c1. The van der Waals surface area contributed by atoms with Gasteiger partial charge in [0.1, 0.15) is 24.8 Å². The lowest BCUT2D eigenvalue weighted by Crippen LogP contribution is -2.51. The summed E-state index contributed by atoms with van der Waals surface area (Å²) in [6, 6.07) is 15.9. The lowest BCUT2D eigenvalue weighted by atomic mass is 9.81. The molecule has 2 aromatic rings. The van der Waals surface area contributed by atoms with Gasteiger partial charge in [-0.1, -0.05) is 24.3 Å². The van der Waals surface area contributed by atoms with E-state index in [1.807, 2.05) is 24.3 Å². The fraction of sp³-hybridized carbons (Fsp3) is 0.500. The van der Waals surface area contributed by atoms with Crippen molar-refractivity contribution in [1.29, 1.82) is 0 Å². The zero-order valence-electron chi connectivity index (χ0n) is 16.9. The molecule has 3 nitrogen and oxygen atoms in total. The minimum absolute atomic E-state index is 0.120. The van der Waals surface area contributed by atoms with Gasteiger partial charge in [0, 0.05) is 32.2 Å². The average Bonchev–Trinajstić information content (AvgIpc) is 2.78. The molecule has 0 unspecified atom stereocenters. The highest BCUT2D eigenvalue weighted by molar-refractivity contribution is 5.48. The molecule has 1 saturated heterocycles. The molecule has 0 atom stereocenters. The van der Waals surface area contributed by atoms with Gasteiger partial charge in [-0.05, 0) is 61.4 Å². The maximum atomic E-state index is 14.0. The number of benzene rings is 2. The standard InChI is InChI=1S/C24H30F2N2O/c25-12-17-29-22-5-3-4-20(18-22)19-8-10-21(11-9-19)27-13-15-28(16-14-27)24-7-2-1-6-23(24)26/h1-7,18-19,21H,8-17H2. The Labute approximate surface area is 172 Å². The largest absolute Gasteiger partial charge is 0.491 e. The quantitative estimate of drug-likeness (QED) is 0.677. The normalized spacial score (nSPS) is 23.2. The lowest BCUT2D eigenvalue weighted by Gasteiger charge is -2.42. The van der Waals surface area contributed by atoms with Crippen LogP contribution in [0.1, 0.15) is 37.2 Å². The van der Waals surface area contributed by atoms with E-state index in [4.69, 9.17) is 4.74 Å². The first-order chi connectivity index (χ1) is 14.2. The molecule has 4 rings (SSSR count). The number of halogens is 2. The molecule has 2 aliphatic rings. The first-order valence-corrected chi connectivity index (χ1v) is 10.8. The zero-order chi connectivity index (χ0) is 20.1. The summed E-state index contributed by atoms with van der Waals surface area (Å²) in [4.78, 5) is 4.76. The van der Waals surface area contributed by atoms with Crippen LogP contribution in [0.25, 0.3) is 0 Å². The summed E-state index contributed by atoms with van der Waals surface area (Å²) in [6.45, 7) is 3.42. The minimum atomic E-state index is -0.459. The van der Waals surface area contributed by atoms with Gasteiger partial charge in [0.15, 0.2) is 0 Å². The van der Waals surface area contributed by atoms with E-state index in [9.17, 15) is 8.78 Å². The molecule has 29 heavy (non-hydrogen) atoms. The summed E-state index contributed by atoms with van der Waals surface area (Å²) in [5, 5.41) is 0. The van der Waals surface area contributed by atoms with Crippen LogP contribution in [0.3, 0.4) is 0 Å². The number of ether oxygens (including phenoxy) is 1. The Morgan fingerprint density at radius 3 is 2.38 bits per heavy atom. The Balaban J connectivity index is 1.28. The summed E-state index contributed by atoms with van der Waals surface area (Å²) in [6.07, 6.45) is 4.73. The molecule has 0 radical (unpaired) electrons. The first kappa shape index (κ1) is 20.1. The van der Waals surface area contributed by atoms with Crippen LogP contribution in [0.4, 0.5) is 14.5 Å². The van der Waals surface area contributed by atoms with Crippen LogP contribution >= 0.6 is 0 Å². The molecule has 1 aliphatic heterocycles. The molecular weight excluding hydrogens is 370 g/mol. The van der Waals surface area contributed by atoms with Crippen molar-refractivity contribution in [2.75, 3.05) is 44.4 Å². The van der Waals surface area contributed by atoms with Crippen LogP contribution in [0.2, 0.25) is 0 Å². The summed E-state index contributed by atoms with van der Waals surface area (Å²) in [5.74, 6) is 1.20. The van der Waals surface area contributed by atoms with Crippen molar-refractivity contribution in [1.82, 2.24) is 4.90 Å². The van der Waals surface area contributed by atoms with Crippen LogP contribution in [-0.4, -0.2) is 50.4 Å². The van der Waals surface area contributed by atoms with Gasteiger partial charge < -0.3 is 9.64 Å². The second kappa shape index (κ2) is 9.57.